The van der Waals surface area contributed by atoms with Crippen molar-refractivity contribution in [2.45, 2.75) is 53.0 Å². The summed E-state index contributed by atoms with van der Waals surface area (Å²) in [4.78, 5) is 29.1. The average Bonchev–Trinajstić information content (AvgIpc) is 3.11. The molecule has 0 spiro atoms. The lowest BCUT2D eigenvalue weighted by Crippen LogP contribution is -2.53. The Morgan fingerprint density at radius 3 is 2.73 bits per heavy atom. The second-order valence-electron chi connectivity index (χ2n) is 8.37. The van der Waals surface area contributed by atoms with Crippen molar-refractivity contribution < 1.29 is 9.59 Å². The molecule has 2 amide bonds. The van der Waals surface area contributed by atoms with Gasteiger partial charge in [0.15, 0.2) is 0 Å². The maximum absolute atomic E-state index is 12.6. The van der Waals surface area contributed by atoms with Gasteiger partial charge in [-0.2, -0.15) is 0 Å². The second-order valence-corrected chi connectivity index (χ2v) is 9.43. The van der Waals surface area contributed by atoms with Crippen LogP contribution in [0.2, 0.25) is 0 Å². The Hall–Kier alpha value is -2.48. The van der Waals surface area contributed by atoms with Crippen LogP contribution in [-0.4, -0.2) is 52.6 Å². The van der Waals surface area contributed by atoms with Crippen LogP contribution in [0.25, 0.3) is 0 Å². The Morgan fingerprint density at radius 1 is 1.23 bits per heavy atom. The zero-order valence-corrected chi connectivity index (χ0v) is 19.0. The molecule has 0 saturated carbocycles. The van der Waals surface area contributed by atoms with E-state index in [1.165, 1.54) is 22.6 Å². The molecule has 1 saturated heterocycles. The fourth-order valence-corrected chi connectivity index (χ4v) is 4.64. The number of nitrogens with zero attached hydrogens (tertiary/aromatic N) is 4. The van der Waals surface area contributed by atoms with E-state index < -0.39 is 0 Å². The van der Waals surface area contributed by atoms with E-state index in [1.807, 2.05) is 4.90 Å². The first-order valence-corrected chi connectivity index (χ1v) is 11.4. The molecule has 30 heavy (non-hydrogen) atoms. The lowest BCUT2D eigenvalue weighted by atomic mass is 10.1. The molecular weight excluding hydrogens is 398 g/mol. The van der Waals surface area contributed by atoms with E-state index in [9.17, 15) is 9.59 Å². The molecule has 7 nitrogen and oxygen atoms in total. The third-order valence-electron chi connectivity index (χ3n) is 5.18. The van der Waals surface area contributed by atoms with E-state index in [0.717, 1.165) is 18.0 Å². The highest BCUT2D eigenvalue weighted by molar-refractivity contribution is 7.15. The smallest absolute Gasteiger partial charge is 0.226 e. The Labute approximate surface area is 182 Å². The quantitative estimate of drug-likeness (QED) is 0.729. The summed E-state index contributed by atoms with van der Waals surface area (Å²) in [6, 6.07) is 8.69. The fraction of sp³-hybridized carbons (Fsp3) is 0.545. The molecule has 1 aromatic heterocycles. The van der Waals surface area contributed by atoms with Crippen LogP contribution in [0.5, 0.6) is 0 Å². The normalized spacial score (nSPS) is 16.8. The Morgan fingerprint density at radius 2 is 2.03 bits per heavy atom. The van der Waals surface area contributed by atoms with Gasteiger partial charge in [-0.25, -0.2) is 0 Å². The monoisotopic (exact) mass is 429 g/mol. The van der Waals surface area contributed by atoms with Crippen molar-refractivity contribution in [1.29, 1.82) is 0 Å². The molecule has 1 aliphatic heterocycles. The topological polar surface area (TPSA) is 78.4 Å². The van der Waals surface area contributed by atoms with Crippen LogP contribution in [0.1, 0.15) is 44.2 Å². The number of hydrogen-bond acceptors (Lipinski definition) is 6. The largest absolute Gasteiger partial charge is 0.365 e. The fourth-order valence-electron chi connectivity index (χ4n) is 3.67. The van der Waals surface area contributed by atoms with Crippen LogP contribution >= 0.6 is 11.3 Å². The molecule has 0 radical (unpaired) electrons. The predicted octanol–water partition coefficient (Wildman–Crippen LogP) is 3.50. The zero-order valence-electron chi connectivity index (χ0n) is 18.2. The summed E-state index contributed by atoms with van der Waals surface area (Å²) in [5.74, 6) is 0.327. The summed E-state index contributed by atoms with van der Waals surface area (Å²) < 4.78 is 0. The summed E-state index contributed by atoms with van der Waals surface area (Å²) >= 11 is 1.40. The molecule has 2 aromatic rings. The highest BCUT2D eigenvalue weighted by Crippen LogP contribution is 2.22. The van der Waals surface area contributed by atoms with Gasteiger partial charge in [0.2, 0.25) is 16.9 Å². The van der Waals surface area contributed by atoms with Crippen molar-refractivity contribution in [2.75, 3.05) is 29.9 Å². The lowest BCUT2D eigenvalue weighted by Gasteiger charge is -2.41. The molecule has 1 atom stereocenters. The number of aryl methyl sites for hydroxylation is 1. The van der Waals surface area contributed by atoms with Crippen molar-refractivity contribution in [1.82, 2.24) is 15.1 Å². The summed E-state index contributed by atoms with van der Waals surface area (Å²) in [5.41, 5.74) is 2.43. The number of carbonyl (C=O) groups excluding carboxylic acids is 2. The van der Waals surface area contributed by atoms with Crippen molar-refractivity contribution in [3.8, 4) is 0 Å². The highest BCUT2D eigenvalue weighted by Gasteiger charge is 2.27. The van der Waals surface area contributed by atoms with E-state index in [0.29, 0.717) is 24.1 Å². The van der Waals surface area contributed by atoms with Gasteiger partial charge in [0, 0.05) is 50.6 Å². The molecule has 0 bridgehead atoms. The number of benzene rings is 1. The SMILES string of the molecule is Cc1cccc(N2CCN(C(=O)CCC(=O)Nc3nnc(CC(C)C)s3)C[C@H]2C)c1. The number of hydrogen-bond donors (Lipinski definition) is 1. The molecule has 8 heteroatoms. The maximum Gasteiger partial charge on any atom is 0.226 e. The molecule has 1 aliphatic rings. The first-order valence-electron chi connectivity index (χ1n) is 10.5. The van der Waals surface area contributed by atoms with Crippen LogP contribution in [0.3, 0.4) is 0 Å². The van der Waals surface area contributed by atoms with E-state index in [1.54, 1.807) is 0 Å². The standard InChI is InChI=1S/C22H31N5O2S/c1-15(2)12-20-24-25-22(30-20)23-19(28)8-9-21(29)26-10-11-27(17(4)14-26)18-7-5-6-16(3)13-18/h5-7,13,15,17H,8-12,14H2,1-4H3,(H,23,25,28)/t17-/m1/s1. The van der Waals surface area contributed by atoms with E-state index >= 15 is 0 Å². The van der Waals surface area contributed by atoms with Crippen molar-refractivity contribution in [2.24, 2.45) is 5.92 Å². The number of aromatic nitrogens is 2. The summed E-state index contributed by atoms with van der Waals surface area (Å²) in [6.45, 7) is 10.6. The number of piperazine rings is 1. The van der Waals surface area contributed by atoms with Gasteiger partial charge in [0.25, 0.3) is 0 Å². The van der Waals surface area contributed by atoms with Gasteiger partial charge in [-0.15, -0.1) is 10.2 Å². The number of anilines is 2. The number of rotatable bonds is 7. The molecule has 162 valence electrons. The van der Waals surface area contributed by atoms with Gasteiger partial charge >= 0.3 is 0 Å². The number of carbonyl (C=O) groups is 2. The molecule has 1 N–H and O–H groups in total. The van der Waals surface area contributed by atoms with Gasteiger partial charge in [-0.1, -0.05) is 37.3 Å². The molecule has 0 aliphatic carbocycles. The van der Waals surface area contributed by atoms with E-state index in [4.69, 9.17) is 0 Å². The predicted molar refractivity (Wildman–Crippen MR) is 121 cm³/mol. The molecule has 0 unspecified atom stereocenters. The van der Waals surface area contributed by atoms with Gasteiger partial charge < -0.3 is 15.1 Å². The molecular formula is C22H31N5O2S. The number of amides is 2. The lowest BCUT2D eigenvalue weighted by molar-refractivity contribution is -0.133. The van der Waals surface area contributed by atoms with Crippen LogP contribution < -0.4 is 10.2 Å². The Balaban J connectivity index is 1.45. The summed E-state index contributed by atoms with van der Waals surface area (Å²) in [6.07, 6.45) is 1.21. The average molecular weight is 430 g/mol. The van der Waals surface area contributed by atoms with Crippen molar-refractivity contribution >= 4 is 34.0 Å². The minimum atomic E-state index is -0.193. The minimum absolute atomic E-state index is 0.0265. The van der Waals surface area contributed by atoms with Crippen molar-refractivity contribution in [3.63, 3.8) is 0 Å². The van der Waals surface area contributed by atoms with Crippen LogP contribution in [0, 0.1) is 12.8 Å². The van der Waals surface area contributed by atoms with Crippen molar-refractivity contribution in [3.05, 3.63) is 34.8 Å². The minimum Gasteiger partial charge on any atom is -0.365 e. The first-order chi connectivity index (χ1) is 14.3. The highest BCUT2D eigenvalue weighted by atomic mass is 32.1. The van der Waals surface area contributed by atoms with Gasteiger partial charge in [-0.05, 0) is 37.5 Å². The van der Waals surface area contributed by atoms with Crippen LogP contribution in [0.15, 0.2) is 24.3 Å². The van der Waals surface area contributed by atoms with Gasteiger partial charge in [0.05, 0.1) is 0 Å². The third-order valence-corrected chi connectivity index (χ3v) is 6.04. The zero-order chi connectivity index (χ0) is 21.7. The molecule has 1 aromatic carbocycles. The Bertz CT molecular complexity index is 882. The van der Waals surface area contributed by atoms with Gasteiger partial charge in [-0.3, -0.25) is 9.59 Å². The summed E-state index contributed by atoms with van der Waals surface area (Å²) in [7, 11) is 0. The Kier molecular flexibility index (Phi) is 7.42. The molecule has 2 heterocycles. The number of nitrogens with one attached hydrogen (secondary N) is 1. The third kappa shape index (κ3) is 6.01. The second kappa shape index (κ2) is 10.0. The summed E-state index contributed by atoms with van der Waals surface area (Å²) in [5, 5.41) is 12.3. The van der Waals surface area contributed by atoms with E-state index in [2.05, 4.69) is 72.4 Å². The van der Waals surface area contributed by atoms with Gasteiger partial charge in [0.1, 0.15) is 5.01 Å². The maximum atomic E-state index is 12.6. The first kappa shape index (κ1) is 22.2. The molecule has 3 rings (SSSR count). The van der Waals surface area contributed by atoms with E-state index in [-0.39, 0.29) is 30.7 Å². The molecule has 1 fully saturated rings. The van der Waals surface area contributed by atoms with Crippen LogP contribution in [0.4, 0.5) is 10.8 Å². The van der Waals surface area contributed by atoms with Crippen LogP contribution in [-0.2, 0) is 16.0 Å².